The smallest absolute Gasteiger partial charge is 0.242 e. The van der Waals surface area contributed by atoms with Crippen molar-refractivity contribution in [2.75, 3.05) is 26.2 Å². The molecule has 1 unspecified atom stereocenters. The summed E-state index contributed by atoms with van der Waals surface area (Å²) >= 11 is 0. The van der Waals surface area contributed by atoms with E-state index >= 15 is 0 Å². The van der Waals surface area contributed by atoms with Gasteiger partial charge in [-0.2, -0.15) is 0 Å². The van der Waals surface area contributed by atoms with Crippen molar-refractivity contribution < 1.29 is 9.59 Å². The molecule has 1 rings (SSSR count). The number of nitrogens with one attached hydrogen (secondary N) is 2. The summed E-state index contributed by atoms with van der Waals surface area (Å²) in [5.41, 5.74) is 0. The van der Waals surface area contributed by atoms with E-state index in [1.54, 1.807) is 4.90 Å². The Morgan fingerprint density at radius 2 is 2.00 bits per heavy atom. The fraction of sp³-hybridized carbons (Fsp3) is 0.833. The molecule has 1 saturated heterocycles. The molecule has 0 aromatic carbocycles. The van der Waals surface area contributed by atoms with Gasteiger partial charge in [-0.05, 0) is 25.8 Å². The first-order valence-corrected chi connectivity index (χ1v) is 6.42. The monoisotopic (exact) mass is 277 g/mol. The maximum Gasteiger partial charge on any atom is 0.242 e. The Morgan fingerprint density at radius 3 is 2.61 bits per heavy atom. The Kier molecular flexibility index (Phi) is 8.75. The van der Waals surface area contributed by atoms with E-state index < -0.39 is 0 Å². The summed E-state index contributed by atoms with van der Waals surface area (Å²) in [6.07, 6.45) is 2.80. The quantitative estimate of drug-likeness (QED) is 0.697. The lowest BCUT2D eigenvalue weighted by atomic mass is 10.2. The number of halogens is 1. The molecule has 1 heterocycles. The molecule has 1 aliphatic rings. The van der Waals surface area contributed by atoms with Crippen LogP contribution in [0.1, 0.15) is 33.1 Å². The second-order valence-corrected chi connectivity index (χ2v) is 4.41. The zero-order chi connectivity index (χ0) is 12.7. The van der Waals surface area contributed by atoms with Crippen molar-refractivity contribution in [2.45, 2.75) is 39.2 Å². The Bertz CT molecular complexity index is 274. The van der Waals surface area contributed by atoms with Crippen LogP contribution in [0.4, 0.5) is 0 Å². The van der Waals surface area contributed by atoms with Crippen LogP contribution >= 0.6 is 12.4 Å². The number of carbonyl (C=O) groups excluding carboxylic acids is 2. The lowest BCUT2D eigenvalue weighted by molar-refractivity contribution is -0.136. The largest absolute Gasteiger partial charge is 0.353 e. The van der Waals surface area contributed by atoms with Crippen molar-refractivity contribution in [2.24, 2.45) is 0 Å². The van der Waals surface area contributed by atoms with Crippen molar-refractivity contribution in [3.63, 3.8) is 0 Å². The van der Waals surface area contributed by atoms with Crippen molar-refractivity contribution >= 4 is 24.2 Å². The van der Waals surface area contributed by atoms with E-state index in [1.165, 1.54) is 6.92 Å². The first-order valence-electron chi connectivity index (χ1n) is 6.42. The van der Waals surface area contributed by atoms with Crippen LogP contribution in [0.15, 0.2) is 0 Å². The van der Waals surface area contributed by atoms with Gasteiger partial charge >= 0.3 is 0 Å². The van der Waals surface area contributed by atoms with Gasteiger partial charge in [-0.1, -0.05) is 6.92 Å². The Balaban J connectivity index is 0.00000289. The Labute approximate surface area is 115 Å². The zero-order valence-corrected chi connectivity index (χ0v) is 12.0. The van der Waals surface area contributed by atoms with Crippen LogP contribution in [-0.4, -0.2) is 48.9 Å². The molecule has 0 bridgehead atoms. The summed E-state index contributed by atoms with van der Waals surface area (Å²) in [6.45, 7) is 6.72. The molecule has 0 aromatic rings. The maximum absolute atomic E-state index is 11.9. The van der Waals surface area contributed by atoms with E-state index in [1.807, 2.05) is 0 Å². The summed E-state index contributed by atoms with van der Waals surface area (Å²) in [6, 6.07) is -0.251. The predicted molar refractivity (Wildman–Crippen MR) is 73.8 cm³/mol. The third-order valence-electron chi connectivity index (χ3n) is 2.99. The van der Waals surface area contributed by atoms with Gasteiger partial charge < -0.3 is 15.5 Å². The normalized spacial score (nSPS) is 18.3. The highest BCUT2D eigenvalue weighted by Gasteiger charge is 2.31. The number of amides is 2. The minimum atomic E-state index is -0.251. The molecule has 5 nitrogen and oxygen atoms in total. The van der Waals surface area contributed by atoms with Gasteiger partial charge in [-0.3, -0.25) is 9.59 Å². The number of carbonyl (C=O) groups is 2. The van der Waals surface area contributed by atoms with Crippen LogP contribution < -0.4 is 10.6 Å². The molecule has 1 fully saturated rings. The van der Waals surface area contributed by atoms with E-state index in [0.717, 1.165) is 32.4 Å². The Morgan fingerprint density at radius 1 is 1.28 bits per heavy atom. The van der Waals surface area contributed by atoms with E-state index in [0.29, 0.717) is 13.1 Å². The third kappa shape index (κ3) is 5.23. The average Bonchev–Trinajstić information content (AvgIpc) is 2.77. The second-order valence-electron chi connectivity index (χ2n) is 4.41. The summed E-state index contributed by atoms with van der Waals surface area (Å²) in [5, 5.41) is 6.09. The Hall–Kier alpha value is -0.810. The molecule has 106 valence electrons. The number of rotatable bonds is 6. The van der Waals surface area contributed by atoms with Gasteiger partial charge in [0.15, 0.2) is 0 Å². The number of nitrogens with zero attached hydrogens (tertiary/aromatic N) is 1. The standard InChI is InChI=1S/C12H23N3O2.ClH/c1-3-6-13-7-8-14-12(17)11-5-4-9-15(11)10(2)16;/h11,13H,3-9H2,1-2H3,(H,14,17);1H. The molecule has 0 aromatic heterocycles. The highest BCUT2D eigenvalue weighted by molar-refractivity contribution is 5.87. The van der Waals surface area contributed by atoms with E-state index in [4.69, 9.17) is 0 Å². The first kappa shape index (κ1) is 17.2. The third-order valence-corrected chi connectivity index (χ3v) is 2.99. The predicted octanol–water partition coefficient (Wildman–Crippen LogP) is 0.535. The highest BCUT2D eigenvalue weighted by Crippen LogP contribution is 2.16. The molecular formula is C12H24ClN3O2. The fourth-order valence-electron chi connectivity index (χ4n) is 2.11. The van der Waals surface area contributed by atoms with Crippen LogP contribution in [0, 0.1) is 0 Å². The minimum Gasteiger partial charge on any atom is -0.353 e. The van der Waals surface area contributed by atoms with Gasteiger partial charge in [0.05, 0.1) is 0 Å². The summed E-state index contributed by atoms with van der Waals surface area (Å²) < 4.78 is 0. The van der Waals surface area contributed by atoms with E-state index in [9.17, 15) is 9.59 Å². The minimum absolute atomic E-state index is 0. The summed E-state index contributed by atoms with van der Waals surface area (Å²) in [7, 11) is 0. The molecule has 2 amide bonds. The van der Waals surface area contributed by atoms with Crippen molar-refractivity contribution in [3.8, 4) is 0 Å². The van der Waals surface area contributed by atoms with Gasteiger partial charge in [0.25, 0.3) is 0 Å². The van der Waals surface area contributed by atoms with Gasteiger partial charge in [0, 0.05) is 26.6 Å². The summed E-state index contributed by atoms with van der Waals surface area (Å²) in [5.74, 6) is -0.0252. The molecule has 2 N–H and O–H groups in total. The van der Waals surface area contributed by atoms with Crippen molar-refractivity contribution in [1.29, 1.82) is 0 Å². The molecule has 0 spiro atoms. The SMILES string of the molecule is CCCNCCNC(=O)C1CCCN1C(C)=O.Cl. The fourth-order valence-corrected chi connectivity index (χ4v) is 2.11. The van der Waals surface area contributed by atoms with Crippen LogP contribution in [0.3, 0.4) is 0 Å². The molecule has 0 saturated carbocycles. The first-order chi connectivity index (χ1) is 8.16. The van der Waals surface area contributed by atoms with Gasteiger partial charge in [0.1, 0.15) is 6.04 Å². The maximum atomic E-state index is 11.9. The molecule has 0 radical (unpaired) electrons. The molecule has 1 aliphatic heterocycles. The lowest BCUT2D eigenvalue weighted by Crippen LogP contribution is -2.46. The van der Waals surface area contributed by atoms with E-state index in [2.05, 4.69) is 17.6 Å². The number of likely N-dealkylation sites (tertiary alicyclic amines) is 1. The molecular weight excluding hydrogens is 254 g/mol. The van der Waals surface area contributed by atoms with Crippen molar-refractivity contribution in [1.82, 2.24) is 15.5 Å². The molecule has 0 aliphatic carbocycles. The van der Waals surface area contributed by atoms with Gasteiger partial charge in [-0.25, -0.2) is 0 Å². The van der Waals surface area contributed by atoms with Crippen LogP contribution in [-0.2, 0) is 9.59 Å². The van der Waals surface area contributed by atoms with Gasteiger partial charge in [0.2, 0.25) is 11.8 Å². The summed E-state index contributed by atoms with van der Waals surface area (Å²) in [4.78, 5) is 24.8. The topological polar surface area (TPSA) is 61.4 Å². The lowest BCUT2D eigenvalue weighted by Gasteiger charge is -2.22. The van der Waals surface area contributed by atoms with Crippen molar-refractivity contribution in [3.05, 3.63) is 0 Å². The van der Waals surface area contributed by atoms with E-state index in [-0.39, 0.29) is 30.3 Å². The average molecular weight is 278 g/mol. The zero-order valence-electron chi connectivity index (χ0n) is 11.2. The van der Waals surface area contributed by atoms with Crippen LogP contribution in [0.2, 0.25) is 0 Å². The highest BCUT2D eigenvalue weighted by atomic mass is 35.5. The van der Waals surface area contributed by atoms with Gasteiger partial charge in [-0.15, -0.1) is 12.4 Å². The molecule has 1 atom stereocenters. The van der Waals surface area contributed by atoms with Crippen LogP contribution in [0.25, 0.3) is 0 Å². The van der Waals surface area contributed by atoms with Crippen LogP contribution in [0.5, 0.6) is 0 Å². The molecule has 18 heavy (non-hydrogen) atoms. The second kappa shape index (κ2) is 9.16. The number of hydrogen-bond acceptors (Lipinski definition) is 3. The number of hydrogen-bond donors (Lipinski definition) is 2. The molecule has 6 heteroatoms.